The molecule has 13 rings (SSSR count). The second-order valence-electron chi connectivity index (χ2n) is 17.5. The molecule has 0 unspecified atom stereocenters. The van der Waals surface area contributed by atoms with Crippen molar-refractivity contribution in [2.24, 2.45) is 0 Å². The maximum Gasteiger partial charge on any atom is 0.179 e. The Morgan fingerprint density at radius 3 is 1.42 bits per heavy atom. The van der Waals surface area contributed by atoms with E-state index in [9.17, 15) is 0 Å². The molecule has 5 nitrogen and oxygen atoms in total. The molecule has 0 radical (unpaired) electrons. The molecule has 0 bridgehead atoms. The van der Waals surface area contributed by atoms with Crippen molar-refractivity contribution in [2.75, 3.05) is 0 Å². The van der Waals surface area contributed by atoms with Gasteiger partial charge in [-0.2, -0.15) is 0 Å². The number of hydrogen-bond donors (Lipinski definition) is 0. The molecule has 0 saturated heterocycles. The first-order valence-corrected chi connectivity index (χ1v) is 25.3. The van der Waals surface area contributed by atoms with E-state index in [0.717, 1.165) is 66.5 Å². The third kappa shape index (κ3) is 6.80. The summed E-state index contributed by atoms with van der Waals surface area (Å²) in [6.07, 6.45) is 0. The Morgan fingerprint density at radius 2 is 0.783 bits per heavy atom. The highest BCUT2D eigenvalue weighted by Gasteiger charge is 2.41. The lowest BCUT2D eigenvalue weighted by atomic mass is 9.98. The Kier molecular flexibility index (Phi) is 9.77. The molecule has 6 heteroatoms. The van der Waals surface area contributed by atoms with Crippen molar-refractivity contribution < 1.29 is 4.42 Å². The molecule has 69 heavy (non-hydrogen) atoms. The van der Waals surface area contributed by atoms with Gasteiger partial charge in [-0.1, -0.05) is 200 Å². The summed E-state index contributed by atoms with van der Waals surface area (Å²) in [7, 11) is -2.86. The third-order valence-corrected chi connectivity index (χ3v) is 18.4. The van der Waals surface area contributed by atoms with E-state index >= 15 is 0 Å². The first kappa shape index (κ1) is 40.3. The van der Waals surface area contributed by atoms with Crippen LogP contribution in [-0.2, 0) is 0 Å². The van der Waals surface area contributed by atoms with E-state index in [-0.39, 0.29) is 0 Å². The van der Waals surface area contributed by atoms with Gasteiger partial charge in [-0.05, 0) is 86.5 Å². The first-order valence-electron chi connectivity index (χ1n) is 23.3. The molecule has 324 valence electrons. The van der Waals surface area contributed by atoms with E-state index in [1.165, 1.54) is 31.5 Å². The van der Waals surface area contributed by atoms with Gasteiger partial charge in [0.15, 0.2) is 25.5 Å². The minimum absolute atomic E-state index is 0.588. The van der Waals surface area contributed by atoms with Gasteiger partial charge in [0, 0.05) is 43.9 Å². The fourth-order valence-electron chi connectivity index (χ4n) is 10.5. The Balaban J connectivity index is 1.01. The van der Waals surface area contributed by atoms with E-state index in [1.54, 1.807) is 0 Å². The summed E-state index contributed by atoms with van der Waals surface area (Å²) in [4.78, 5) is 16.1. The molecule has 0 N–H and O–H groups in total. The fourth-order valence-corrected chi connectivity index (χ4v) is 15.3. The molecule has 0 spiro atoms. The van der Waals surface area contributed by atoms with Crippen molar-refractivity contribution in [3.63, 3.8) is 0 Å². The molecule has 3 aromatic heterocycles. The van der Waals surface area contributed by atoms with Gasteiger partial charge in [0.2, 0.25) is 0 Å². The molecular formula is C63H42N4OSi. The highest BCUT2D eigenvalue weighted by atomic mass is 28.3. The lowest BCUT2D eigenvalue weighted by molar-refractivity contribution is 0.669. The van der Waals surface area contributed by atoms with Crippen molar-refractivity contribution >= 4 is 72.6 Å². The number of rotatable bonds is 9. The molecule has 0 atom stereocenters. The predicted molar refractivity (Wildman–Crippen MR) is 287 cm³/mol. The number of aromatic nitrogens is 4. The quantitative estimate of drug-likeness (QED) is 0.107. The average Bonchev–Trinajstić information content (AvgIpc) is 3.98. The lowest BCUT2D eigenvalue weighted by Gasteiger charge is -2.34. The van der Waals surface area contributed by atoms with Crippen LogP contribution in [-0.4, -0.2) is 27.6 Å². The standard InChI is InChI=1S/C63H42N4OSi/c1-4-20-47(21-5-1)69(48-22-6-2-7-23-48,49-24-8-3-9-25-49)50-26-18-19-45(41-50)62-64-61(43-35-38-46(39-36-43)67-57-32-15-12-28-52(57)53-29-13-16-33-58(53)67)65-63(66-62)56-31-11-10-27-51(56)44-37-40-55-54-30-14-17-34-59(54)68-60(55)42-44/h1-42H. The van der Waals surface area contributed by atoms with Crippen LogP contribution in [0.1, 0.15) is 0 Å². The SMILES string of the molecule is c1ccc([Si](c2ccccc2)(c2ccccc2)c2cccc(-c3nc(-c4ccc(-n5c6ccccc6c6ccccc65)cc4)nc(-c4ccccc4-c4ccc5c(c4)oc4ccccc45)n3)c2)cc1. The summed E-state index contributed by atoms with van der Waals surface area (Å²) < 4.78 is 8.73. The summed E-state index contributed by atoms with van der Waals surface area (Å²) in [5.41, 5.74) is 9.82. The van der Waals surface area contributed by atoms with Crippen LogP contribution in [0.15, 0.2) is 259 Å². The van der Waals surface area contributed by atoms with E-state index in [4.69, 9.17) is 19.4 Å². The van der Waals surface area contributed by atoms with Gasteiger partial charge in [0.05, 0.1) is 11.0 Å². The normalized spacial score (nSPS) is 11.8. The van der Waals surface area contributed by atoms with E-state index < -0.39 is 8.07 Å². The predicted octanol–water partition coefficient (Wildman–Crippen LogP) is 12.9. The van der Waals surface area contributed by atoms with E-state index in [1.807, 2.05) is 12.1 Å². The molecule has 0 fully saturated rings. The average molecular weight is 899 g/mol. The van der Waals surface area contributed by atoms with Crippen molar-refractivity contribution in [1.29, 1.82) is 0 Å². The largest absolute Gasteiger partial charge is 0.456 e. The van der Waals surface area contributed by atoms with E-state index in [2.05, 4.69) is 247 Å². The zero-order valence-corrected chi connectivity index (χ0v) is 38.4. The van der Waals surface area contributed by atoms with Crippen LogP contribution in [0, 0.1) is 0 Å². The van der Waals surface area contributed by atoms with Crippen LogP contribution in [0.4, 0.5) is 0 Å². The molecule has 0 aliphatic carbocycles. The van der Waals surface area contributed by atoms with Crippen LogP contribution >= 0.6 is 0 Å². The highest BCUT2D eigenvalue weighted by Crippen LogP contribution is 2.37. The van der Waals surface area contributed by atoms with Crippen molar-refractivity contribution in [1.82, 2.24) is 19.5 Å². The smallest absolute Gasteiger partial charge is 0.179 e. The van der Waals surface area contributed by atoms with Gasteiger partial charge in [0.1, 0.15) is 11.2 Å². The van der Waals surface area contributed by atoms with Gasteiger partial charge in [-0.25, -0.2) is 15.0 Å². The molecule has 13 aromatic rings. The monoisotopic (exact) mass is 898 g/mol. The molecular weight excluding hydrogens is 857 g/mol. The van der Waals surface area contributed by atoms with Gasteiger partial charge in [-0.3, -0.25) is 0 Å². The number of nitrogens with zero attached hydrogens (tertiary/aromatic N) is 4. The fraction of sp³-hybridized carbons (Fsp3) is 0. The number of benzene rings is 10. The summed E-state index contributed by atoms with van der Waals surface area (Å²) >= 11 is 0. The molecule has 0 aliphatic heterocycles. The first-order chi connectivity index (χ1) is 34.2. The van der Waals surface area contributed by atoms with Crippen LogP contribution in [0.2, 0.25) is 0 Å². The molecule has 10 aromatic carbocycles. The van der Waals surface area contributed by atoms with Gasteiger partial charge >= 0.3 is 0 Å². The lowest BCUT2D eigenvalue weighted by Crippen LogP contribution is -2.74. The van der Waals surface area contributed by atoms with Crippen molar-refractivity contribution in [2.45, 2.75) is 0 Å². The van der Waals surface area contributed by atoms with Gasteiger partial charge in [-0.15, -0.1) is 0 Å². The zero-order chi connectivity index (χ0) is 45.7. The highest BCUT2D eigenvalue weighted by molar-refractivity contribution is 7.19. The minimum atomic E-state index is -2.86. The third-order valence-electron chi connectivity index (χ3n) is 13.6. The molecule has 0 aliphatic rings. The van der Waals surface area contributed by atoms with Crippen molar-refractivity contribution in [3.8, 4) is 51.0 Å². The summed E-state index contributed by atoms with van der Waals surface area (Å²) in [6, 6.07) is 90.8. The summed E-state index contributed by atoms with van der Waals surface area (Å²) in [5, 5.41) is 9.78. The number of hydrogen-bond acceptors (Lipinski definition) is 4. The van der Waals surface area contributed by atoms with E-state index in [0.29, 0.717) is 17.5 Å². The van der Waals surface area contributed by atoms with Crippen LogP contribution in [0.5, 0.6) is 0 Å². The molecule has 0 saturated carbocycles. The van der Waals surface area contributed by atoms with Gasteiger partial charge in [0.25, 0.3) is 0 Å². The number of fused-ring (bicyclic) bond motifs is 6. The topological polar surface area (TPSA) is 56.7 Å². The Hall–Kier alpha value is -8.97. The molecule has 0 amide bonds. The van der Waals surface area contributed by atoms with Crippen LogP contribution in [0.25, 0.3) is 94.7 Å². The minimum Gasteiger partial charge on any atom is -0.456 e. The van der Waals surface area contributed by atoms with Crippen LogP contribution < -0.4 is 20.7 Å². The Labute approximate surface area is 400 Å². The Morgan fingerprint density at radius 1 is 0.304 bits per heavy atom. The summed E-state index contributed by atoms with van der Waals surface area (Å²) in [5.74, 6) is 1.78. The second-order valence-corrected chi connectivity index (χ2v) is 21.3. The second kappa shape index (κ2) is 16.7. The zero-order valence-electron chi connectivity index (χ0n) is 37.4. The number of furan rings is 1. The Bertz CT molecular complexity index is 3860. The maximum absolute atomic E-state index is 6.39. The van der Waals surface area contributed by atoms with Gasteiger partial charge < -0.3 is 8.98 Å². The summed E-state index contributed by atoms with van der Waals surface area (Å²) in [6.45, 7) is 0. The maximum atomic E-state index is 6.39. The number of para-hydroxylation sites is 3. The van der Waals surface area contributed by atoms with Crippen LogP contribution in [0.3, 0.4) is 0 Å². The molecule has 3 heterocycles. The van der Waals surface area contributed by atoms with Crippen molar-refractivity contribution in [3.05, 3.63) is 255 Å².